The average Bonchev–Trinajstić information content (AvgIpc) is 2.55. The standard InChI is InChI=1S/C18H24N4O/c1-4-14-5-7-15(8-6-14)21-18-20-12-10-16(22-18)17(23)19-11-9-13(2)3/h5-8,10,12-13H,4,9,11H2,1-3H3,(H,19,23)(H,20,21,22). The molecule has 0 radical (unpaired) electrons. The van der Waals surface area contributed by atoms with E-state index in [-0.39, 0.29) is 5.91 Å². The minimum absolute atomic E-state index is 0.169. The molecule has 5 heteroatoms. The van der Waals surface area contributed by atoms with Crippen molar-refractivity contribution in [1.29, 1.82) is 0 Å². The van der Waals surface area contributed by atoms with Gasteiger partial charge in [0.05, 0.1) is 0 Å². The molecule has 1 aromatic heterocycles. The molecular weight excluding hydrogens is 288 g/mol. The highest BCUT2D eigenvalue weighted by Gasteiger charge is 2.08. The number of carbonyl (C=O) groups excluding carboxylic acids is 1. The van der Waals surface area contributed by atoms with Crippen LogP contribution in [-0.2, 0) is 6.42 Å². The van der Waals surface area contributed by atoms with Gasteiger partial charge in [0.15, 0.2) is 0 Å². The van der Waals surface area contributed by atoms with Crippen molar-refractivity contribution in [3.8, 4) is 0 Å². The largest absolute Gasteiger partial charge is 0.351 e. The Balaban J connectivity index is 1.99. The van der Waals surface area contributed by atoms with E-state index < -0.39 is 0 Å². The van der Waals surface area contributed by atoms with Crippen LogP contribution in [0.1, 0.15) is 43.2 Å². The fraction of sp³-hybridized carbons (Fsp3) is 0.389. The third-order valence-corrected chi connectivity index (χ3v) is 3.51. The van der Waals surface area contributed by atoms with Crippen LogP contribution in [0.15, 0.2) is 36.5 Å². The molecule has 0 fully saturated rings. The Morgan fingerprint density at radius 3 is 2.57 bits per heavy atom. The summed E-state index contributed by atoms with van der Waals surface area (Å²) in [7, 11) is 0. The Morgan fingerprint density at radius 1 is 1.17 bits per heavy atom. The Labute approximate surface area is 137 Å². The summed E-state index contributed by atoms with van der Waals surface area (Å²) in [6, 6.07) is 9.71. The van der Waals surface area contributed by atoms with Gasteiger partial charge < -0.3 is 10.6 Å². The molecule has 0 aliphatic rings. The van der Waals surface area contributed by atoms with E-state index >= 15 is 0 Å². The molecule has 0 aliphatic heterocycles. The Morgan fingerprint density at radius 2 is 1.91 bits per heavy atom. The smallest absolute Gasteiger partial charge is 0.270 e. The number of rotatable bonds is 7. The van der Waals surface area contributed by atoms with Crippen molar-refractivity contribution < 1.29 is 4.79 Å². The molecule has 0 saturated carbocycles. The second-order valence-corrected chi connectivity index (χ2v) is 5.88. The Hall–Kier alpha value is -2.43. The minimum Gasteiger partial charge on any atom is -0.351 e. The molecule has 0 saturated heterocycles. The molecule has 0 bridgehead atoms. The van der Waals surface area contributed by atoms with Gasteiger partial charge in [-0.25, -0.2) is 9.97 Å². The van der Waals surface area contributed by atoms with Gasteiger partial charge >= 0.3 is 0 Å². The molecule has 0 spiro atoms. The molecule has 2 N–H and O–H groups in total. The van der Waals surface area contributed by atoms with Crippen LogP contribution in [0, 0.1) is 5.92 Å². The van der Waals surface area contributed by atoms with Crippen molar-refractivity contribution in [2.75, 3.05) is 11.9 Å². The van der Waals surface area contributed by atoms with E-state index in [0.717, 1.165) is 18.5 Å². The van der Waals surface area contributed by atoms with Crippen LogP contribution in [0.2, 0.25) is 0 Å². The number of nitrogens with one attached hydrogen (secondary N) is 2. The molecule has 23 heavy (non-hydrogen) atoms. The van der Waals surface area contributed by atoms with E-state index in [9.17, 15) is 4.79 Å². The highest BCUT2D eigenvalue weighted by molar-refractivity contribution is 5.92. The first-order chi connectivity index (χ1) is 11.1. The predicted octanol–water partition coefficient (Wildman–Crippen LogP) is 3.56. The Kier molecular flexibility index (Phi) is 6.09. The van der Waals surface area contributed by atoms with E-state index in [2.05, 4.69) is 53.5 Å². The van der Waals surface area contributed by atoms with Gasteiger partial charge in [-0.05, 0) is 42.5 Å². The van der Waals surface area contributed by atoms with Gasteiger partial charge in [-0.1, -0.05) is 32.9 Å². The quantitative estimate of drug-likeness (QED) is 0.820. The predicted molar refractivity (Wildman–Crippen MR) is 92.9 cm³/mol. The third-order valence-electron chi connectivity index (χ3n) is 3.51. The lowest BCUT2D eigenvalue weighted by Gasteiger charge is -2.08. The summed E-state index contributed by atoms with van der Waals surface area (Å²) in [5.74, 6) is 0.812. The second kappa shape index (κ2) is 8.27. The Bertz CT molecular complexity index is 638. The van der Waals surface area contributed by atoms with E-state index in [4.69, 9.17) is 0 Å². The van der Waals surface area contributed by atoms with Gasteiger partial charge in [0.2, 0.25) is 5.95 Å². The molecule has 5 nitrogen and oxygen atoms in total. The van der Waals surface area contributed by atoms with E-state index in [1.165, 1.54) is 5.56 Å². The molecular formula is C18H24N4O. The number of anilines is 2. The van der Waals surface area contributed by atoms with Crippen LogP contribution < -0.4 is 10.6 Å². The minimum atomic E-state index is -0.169. The summed E-state index contributed by atoms with van der Waals surface area (Å²) in [4.78, 5) is 20.5. The zero-order valence-electron chi connectivity index (χ0n) is 14.0. The fourth-order valence-electron chi connectivity index (χ4n) is 2.06. The molecule has 1 amide bonds. The molecule has 1 aromatic carbocycles. The topological polar surface area (TPSA) is 66.9 Å². The van der Waals surface area contributed by atoms with Gasteiger partial charge in [-0.15, -0.1) is 0 Å². The molecule has 122 valence electrons. The molecule has 2 rings (SSSR count). The summed E-state index contributed by atoms with van der Waals surface area (Å²) in [5, 5.41) is 6.00. The normalized spacial score (nSPS) is 10.6. The van der Waals surface area contributed by atoms with Gasteiger partial charge in [0, 0.05) is 18.4 Å². The monoisotopic (exact) mass is 312 g/mol. The third kappa shape index (κ3) is 5.36. The lowest BCUT2D eigenvalue weighted by molar-refractivity contribution is 0.0947. The molecule has 0 aliphatic carbocycles. The van der Waals surface area contributed by atoms with Crippen molar-refractivity contribution in [2.24, 2.45) is 5.92 Å². The van der Waals surface area contributed by atoms with Crippen LogP contribution in [0.3, 0.4) is 0 Å². The van der Waals surface area contributed by atoms with Crippen LogP contribution in [0.5, 0.6) is 0 Å². The lowest BCUT2D eigenvalue weighted by atomic mass is 10.1. The fourth-order valence-corrected chi connectivity index (χ4v) is 2.06. The summed E-state index contributed by atoms with van der Waals surface area (Å²) in [6.07, 6.45) is 3.54. The zero-order chi connectivity index (χ0) is 16.7. The SMILES string of the molecule is CCc1ccc(Nc2nccc(C(=O)NCCC(C)C)n2)cc1. The number of carbonyl (C=O) groups is 1. The van der Waals surface area contributed by atoms with Crippen LogP contribution in [0.4, 0.5) is 11.6 Å². The molecule has 2 aromatic rings. The van der Waals surface area contributed by atoms with Gasteiger partial charge in [-0.2, -0.15) is 0 Å². The molecule has 0 unspecified atom stereocenters. The van der Waals surface area contributed by atoms with E-state index in [1.807, 2.05) is 12.1 Å². The van der Waals surface area contributed by atoms with Crippen LogP contribution >= 0.6 is 0 Å². The van der Waals surface area contributed by atoms with Crippen molar-refractivity contribution >= 4 is 17.5 Å². The first-order valence-electron chi connectivity index (χ1n) is 8.05. The highest BCUT2D eigenvalue weighted by Crippen LogP contribution is 2.14. The summed E-state index contributed by atoms with van der Waals surface area (Å²) in [6.45, 7) is 7.03. The zero-order valence-corrected chi connectivity index (χ0v) is 14.0. The number of aromatic nitrogens is 2. The molecule has 0 atom stereocenters. The van der Waals surface area contributed by atoms with E-state index in [0.29, 0.717) is 24.1 Å². The number of benzene rings is 1. The first kappa shape index (κ1) is 16.9. The van der Waals surface area contributed by atoms with Crippen molar-refractivity contribution in [1.82, 2.24) is 15.3 Å². The number of hydrogen-bond donors (Lipinski definition) is 2. The number of nitrogens with zero attached hydrogens (tertiary/aromatic N) is 2. The summed E-state index contributed by atoms with van der Waals surface area (Å²) >= 11 is 0. The maximum absolute atomic E-state index is 12.1. The van der Waals surface area contributed by atoms with E-state index in [1.54, 1.807) is 12.3 Å². The van der Waals surface area contributed by atoms with Crippen LogP contribution in [-0.4, -0.2) is 22.4 Å². The van der Waals surface area contributed by atoms with Crippen molar-refractivity contribution in [2.45, 2.75) is 33.6 Å². The van der Waals surface area contributed by atoms with Crippen LogP contribution in [0.25, 0.3) is 0 Å². The second-order valence-electron chi connectivity index (χ2n) is 5.88. The summed E-state index contributed by atoms with van der Waals surface area (Å²) < 4.78 is 0. The number of amides is 1. The summed E-state index contributed by atoms with van der Waals surface area (Å²) in [5.41, 5.74) is 2.55. The lowest BCUT2D eigenvalue weighted by Crippen LogP contribution is -2.26. The number of aryl methyl sites for hydroxylation is 1. The van der Waals surface area contributed by atoms with Gasteiger partial charge in [0.25, 0.3) is 5.91 Å². The molecule has 1 heterocycles. The van der Waals surface area contributed by atoms with Gasteiger partial charge in [-0.3, -0.25) is 4.79 Å². The maximum atomic E-state index is 12.1. The number of hydrogen-bond acceptors (Lipinski definition) is 4. The maximum Gasteiger partial charge on any atom is 0.270 e. The highest BCUT2D eigenvalue weighted by atomic mass is 16.1. The first-order valence-corrected chi connectivity index (χ1v) is 8.05. The van der Waals surface area contributed by atoms with Crippen molar-refractivity contribution in [3.05, 3.63) is 47.8 Å². The average molecular weight is 312 g/mol. The van der Waals surface area contributed by atoms with Gasteiger partial charge in [0.1, 0.15) is 5.69 Å². The van der Waals surface area contributed by atoms with Crippen molar-refractivity contribution in [3.63, 3.8) is 0 Å².